The first-order chi connectivity index (χ1) is 18.6. The number of nitrogens with zero attached hydrogens (tertiary/aromatic N) is 3. The second-order valence-corrected chi connectivity index (χ2v) is 11.1. The van der Waals surface area contributed by atoms with Gasteiger partial charge in [0.2, 0.25) is 15.7 Å². The summed E-state index contributed by atoms with van der Waals surface area (Å²) in [5.41, 5.74) is 1.85. The van der Waals surface area contributed by atoms with Gasteiger partial charge in [-0.05, 0) is 55.3 Å². The first-order valence-corrected chi connectivity index (χ1v) is 14.4. The molecule has 0 spiro atoms. The normalized spacial score (nSPS) is 14.6. The Hall–Kier alpha value is -3.55. The van der Waals surface area contributed by atoms with Gasteiger partial charge in [-0.15, -0.1) is 0 Å². The number of sulfonamides is 1. The molecule has 3 N–H and O–H groups in total. The second-order valence-electron chi connectivity index (χ2n) is 9.31. The number of piperazine rings is 1. The van der Waals surface area contributed by atoms with E-state index >= 15 is 0 Å². The van der Waals surface area contributed by atoms with E-state index < -0.39 is 27.8 Å². The van der Waals surface area contributed by atoms with Gasteiger partial charge in [-0.1, -0.05) is 6.92 Å². The highest BCUT2D eigenvalue weighted by Crippen LogP contribution is 2.34. The van der Waals surface area contributed by atoms with Gasteiger partial charge < -0.3 is 19.7 Å². The Morgan fingerprint density at radius 3 is 2.46 bits per heavy atom. The molecule has 1 aromatic carbocycles. The lowest BCUT2D eigenvalue weighted by atomic mass is 10.0. The number of rotatable bonds is 10. The first kappa shape index (κ1) is 28.5. The number of carbonyl (C=O) groups is 2. The van der Waals surface area contributed by atoms with Crippen LogP contribution in [-0.4, -0.2) is 86.6 Å². The number of carboxylic acid groups (broad SMARTS) is 1. The predicted octanol–water partition coefficient (Wildman–Crippen LogP) is 2.66. The van der Waals surface area contributed by atoms with E-state index in [-0.39, 0.29) is 29.3 Å². The van der Waals surface area contributed by atoms with Crippen molar-refractivity contribution in [2.45, 2.75) is 25.5 Å². The number of hydrogen-bond donors (Lipinski definition) is 3. The van der Waals surface area contributed by atoms with Gasteiger partial charge in [0.25, 0.3) is 5.91 Å². The maximum Gasteiger partial charge on any atom is 0.407 e. The Morgan fingerprint density at radius 1 is 1.15 bits per heavy atom. The largest absolute Gasteiger partial charge is 0.465 e. The Morgan fingerprint density at radius 2 is 1.85 bits per heavy atom. The monoisotopic (exact) mass is 561 g/mol. The molecular formula is C26H32FN5O6S. The lowest BCUT2D eigenvalue weighted by Crippen LogP contribution is -2.48. The number of pyridine rings is 1. The van der Waals surface area contributed by atoms with Gasteiger partial charge in [0.05, 0.1) is 16.6 Å². The zero-order valence-corrected chi connectivity index (χ0v) is 22.7. The topological polar surface area (TPSA) is 145 Å². The van der Waals surface area contributed by atoms with Crippen LogP contribution in [0.1, 0.15) is 35.0 Å². The van der Waals surface area contributed by atoms with Crippen molar-refractivity contribution in [1.29, 1.82) is 0 Å². The van der Waals surface area contributed by atoms with Gasteiger partial charge in [0.15, 0.2) is 0 Å². The predicted molar refractivity (Wildman–Crippen MR) is 143 cm³/mol. The van der Waals surface area contributed by atoms with Crippen LogP contribution in [0.5, 0.6) is 0 Å². The highest BCUT2D eigenvalue weighted by molar-refractivity contribution is 7.88. The Bertz CT molecular complexity index is 1450. The van der Waals surface area contributed by atoms with Crippen molar-refractivity contribution in [1.82, 2.24) is 24.8 Å². The fourth-order valence-corrected chi connectivity index (χ4v) is 5.78. The molecule has 4 rings (SSSR count). The molecule has 210 valence electrons. The lowest BCUT2D eigenvalue weighted by molar-refractivity contribution is 0.0964. The summed E-state index contributed by atoms with van der Waals surface area (Å²) in [6, 6.07) is 7.26. The molecule has 0 bridgehead atoms. The van der Waals surface area contributed by atoms with Gasteiger partial charge >= 0.3 is 6.09 Å². The SMILES string of the molecule is CCc1cc2c(C(=O)NC)c(-c3ccc(F)cc3)oc2nc1CS(=O)(=O)NCCCN1CCN(C(=O)O)CC1. The van der Waals surface area contributed by atoms with Crippen LogP contribution < -0.4 is 10.0 Å². The molecule has 0 unspecified atom stereocenters. The Labute approximate surface area is 226 Å². The maximum absolute atomic E-state index is 13.5. The Balaban J connectivity index is 1.48. The number of benzene rings is 1. The molecule has 0 radical (unpaired) electrons. The number of hydrogen-bond acceptors (Lipinski definition) is 7. The molecular weight excluding hydrogens is 529 g/mol. The van der Waals surface area contributed by atoms with Gasteiger partial charge in [-0.3, -0.25) is 9.69 Å². The van der Waals surface area contributed by atoms with Gasteiger partial charge in [0.1, 0.15) is 17.3 Å². The highest BCUT2D eigenvalue weighted by atomic mass is 32.2. The smallest absolute Gasteiger partial charge is 0.407 e. The van der Waals surface area contributed by atoms with Crippen LogP contribution in [0.15, 0.2) is 34.7 Å². The van der Waals surface area contributed by atoms with Crippen molar-refractivity contribution < 1.29 is 31.9 Å². The van der Waals surface area contributed by atoms with Gasteiger partial charge in [-0.25, -0.2) is 27.3 Å². The van der Waals surface area contributed by atoms with E-state index in [2.05, 4.69) is 19.9 Å². The number of halogens is 1. The number of amides is 2. The van der Waals surface area contributed by atoms with Crippen molar-refractivity contribution in [3.63, 3.8) is 0 Å². The summed E-state index contributed by atoms with van der Waals surface area (Å²) < 4.78 is 47.8. The minimum Gasteiger partial charge on any atom is -0.465 e. The van der Waals surface area contributed by atoms with Gasteiger partial charge in [-0.2, -0.15) is 0 Å². The van der Waals surface area contributed by atoms with Crippen molar-refractivity contribution in [2.24, 2.45) is 0 Å². The zero-order valence-electron chi connectivity index (χ0n) is 21.9. The molecule has 2 amide bonds. The molecule has 1 aliphatic heterocycles. The van der Waals surface area contributed by atoms with E-state index in [0.29, 0.717) is 67.8 Å². The van der Waals surface area contributed by atoms with E-state index in [4.69, 9.17) is 9.52 Å². The fourth-order valence-electron chi connectivity index (χ4n) is 4.61. The number of aryl methyl sites for hydroxylation is 1. The maximum atomic E-state index is 13.5. The summed E-state index contributed by atoms with van der Waals surface area (Å²) in [4.78, 5) is 31.8. The molecule has 1 fully saturated rings. The van der Waals surface area contributed by atoms with Crippen LogP contribution in [0.25, 0.3) is 22.4 Å². The summed E-state index contributed by atoms with van der Waals surface area (Å²) in [6.45, 7) is 4.87. The molecule has 0 saturated carbocycles. The Kier molecular flexibility index (Phi) is 8.83. The lowest BCUT2D eigenvalue weighted by Gasteiger charge is -2.33. The van der Waals surface area contributed by atoms with Crippen LogP contribution in [-0.2, 0) is 22.2 Å². The summed E-state index contributed by atoms with van der Waals surface area (Å²) >= 11 is 0. The van der Waals surface area contributed by atoms with E-state index in [1.807, 2.05) is 6.92 Å². The second kappa shape index (κ2) is 12.1. The molecule has 11 nitrogen and oxygen atoms in total. The third-order valence-corrected chi connectivity index (χ3v) is 8.03. The molecule has 13 heteroatoms. The number of furan rings is 1. The average Bonchev–Trinajstić information content (AvgIpc) is 3.28. The summed E-state index contributed by atoms with van der Waals surface area (Å²) in [7, 11) is -2.23. The van der Waals surface area contributed by atoms with Crippen molar-refractivity contribution in [3.05, 3.63) is 53.0 Å². The molecule has 1 aliphatic rings. The van der Waals surface area contributed by atoms with Gasteiger partial charge in [0, 0.05) is 45.3 Å². The fraction of sp³-hybridized carbons (Fsp3) is 0.423. The molecule has 39 heavy (non-hydrogen) atoms. The van der Waals surface area contributed by atoms with Crippen molar-refractivity contribution >= 4 is 33.1 Å². The van der Waals surface area contributed by atoms with E-state index in [9.17, 15) is 22.4 Å². The van der Waals surface area contributed by atoms with Crippen LogP contribution in [0.2, 0.25) is 0 Å². The third kappa shape index (κ3) is 6.72. The molecule has 3 aromatic rings. The van der Waals surface area contributed by atoms with E-state index in [1.54, 1.807) is 6.07 Å². The highest BCUT2D eigenvalue weighted by Gasteiger charge is 2.25. The third-order valence-electron chi connectivity index (χ3n) is 6.74. The average molecular weight is 562 g/mol. The number of fused-ring (bicyclic) bond motifs is 1. The first-order valence-electron chi connectivity index (χ1n) is 12.7. The van der Waals surface area contributed by atoms with Crippen molar-refractivity contribution in [2.75, 3.05) is 46.3 Å². The van der Waals surface area contributed by atoms with Crippen LogP contribution in [0.3, 0.4) is 0 Å². The van der Waals surface area contributed by atoms with Crippen LogP contribution in [0.4, 0.5) is 9.18 Å². The summed E-state index contributed by atoms with van der Waals surface area (Å²) in [5, 5.41) is 12.1. The molecule has 0 atom stereocenters. The van der Waals surface area contributed by atoms with Crippen molar-refractivity contribution in [3.8, 4) is 11.3 Å². The van der Waals surface area contributed by atoms with Crippen LogP contribution in [0, 0.1) is 5.82 Å². The molecule has 0 aliphatic carbocycles. The van der Waals surface area contributed by atoms with E-state index in [0.717, 1.165) is 0 Å². The minimum atomic E-state index is -3.72. The number of carbonyl (C=O) groups excluding carboxylic acids is 1. The number of aromatic nitrogens is 1. The molecule has 1 saturated heterocycles. The zero-order chi connectivity index (χ0) is 28.2. The minimum absolute atomic E-state index is 0.121. The van der Waals surface area contributed by atoms with E-state index in [1.165, 1.54) is 36.2 Å². The summed E-state index contributed by atoms with van der Waals surface area (Å²) in [5.74, 6) is -0.960. The quantitative estimate of drug-likeness (QED) is 0.321. The summed E-state index contributed by atoms with van der Waals surface area (Å²) in [6.07, 6.45) is 0.140. The molecule has 3 heterocycles. The standard InChI is InChI=1S/C26H32FN5O6S/c1-3-17-15-20-22(24(33)28-2)23(18-5-7-19(27)8-6-18)38-25(20)30-21(17)16-39(36,37)29-9-4-10-31-11-13-32(14-12-31)26(34)35/h5-8,15,29H,3-4,9-14,16H2,1-2H3,(H,28,33)(H,34,35). The van der Waals surface area contributed by atoms with Crippen LogP contribution >= 0.6 is 0 Å². The molecule has 2 aromatic heterocycles. The number of nitrogens with one attached hydrogen (secondary N) is 2.